The Hall–Kier alpha value is -2.69. The summed E-state index contributed by atoms with van der Waals surface area (Å²) in [5, 5.41) is 15.1. The Bertz CT molecular complexity index is 728. The number of amides is 1. The molecule has 0 aliphatic carbocycles. The van der Waals surface area contributed by atoms with Crippen LogP contribution >= 0.6 is 0 Å². The molecule has 1 heterocycles. The highest BCUT2D eigenvalue weighted by Gasteiger charge is 2.23. The van der Waals surface area contributed by atoms with E-state index in [4.69, 9.17) is 0 Å². The topological polar surface area (TPSA) is 52.9 Å². The minimum atomic E-state index is -0.447. The van der Waals surface area contributed by atoms with Gasteiger partial charge in [-0.25, -0.2) is 9.40 Å². The van der Waals surface area contributed by atoms with Crippen molar-refractivity contribution in [1.29, 1.82) is 0 Å². The number of carbonyl (C=O) groups is 1. The molecule has 0 radical (unpaired) electrons. The highest BCUT2D eigenvalue weighted by molar-refractivity contribution is 6.04. The predicted molar refractivity (Wildman–Crippen MR) is 76.7 cm³/mol. The molecular weight excluding hydrogens is 271 g/mol. The number of nitrogens with zero attached hydrogens (tertiary/aromatic N) is 2. The molecule has 2 aromatic rings. The molecular formula is C16H13FN2O2. The molecule has 1 aliphatic heterocycles. The van der Waals surface area contributed by atoms with Gasteiger partial charge in [-0.05, 0) is 30.3 Å². The second kappa shape index (κ2) is 5.36. The number of carbonyl (C=O) groups excluding carboxylic acids is 1. The number of rotatable bonds is 2. The van der Waals surface area contributed by atoms with Crippen LogP contribution in [-0.2, 0) is 0 Å². The number of phenolic OH excluding ortho intramolecular Hbond substituents is 1. The van der Waals surface area contributed by atoms with Crippen LogP contribution in [0.2, 0.25) is 0 Å². The summed E-state index contributed by atoms with van der Waals surface area (Å²) >= 11 is 0. The van der Waals surface area contributed by atoms with Gasteiger partial charge in [-0.15, -0.1) is 0 Å². The Morgan fingerprint density at radius 2 is 2.00 bits per heavy atom. The van der Waals surface area contributed by atoms with Gasteiger partial charge in [0.25, 0.3) is 5.91 Å². The highest BCUT2D eigenvalue weighted by Crippen LogP contribution is 2.19. The zero-order chi connectivity index (χ0) is 14.8. The van der Waals surface area contributed by atoms with Gasteiger partial charge in [0.05, 0.1) is 12.3 Å². The van der Waals surface area contributed by atoms with Crippen LogP contribution in [-0.4, -0.2) is 28.3 Å². The summed E-state index contributed by atoms with van der Waals surface area (Å²) in [5.41, 5.74) is 1.79. The molecule has 0 aromatic heterocycles. The van der Waals surface area contributed by atoms with Gasteiger partial charge in [-0.3, -0.25) is 4.79 Å². The maximum atomic E-state index is 13.2. The zero-order valence-electron chi connectivity index (χ0n) is 11.2. The lowest BCUT2D eigenvalue weighted by Gasteiger charge is -2.11. The first kappa shape index (κ1) is 13.3. The van der Waals surface area contributed by atoms with Crippen molar-refractivity contribution in [2.24, 2.45) is 5.10 Å². The smallest absolute Gasteiger partial charge is 0.274 e. The molecule has 0 saturated heterocycles. The molecule has 21 heavy (non-hydrogen) atoms. The number of benzene rings is 2. The molecule has 0 atom stereocenters. The molecule has 3 rings (SSSR count). The third kappa shape index (κ3) is 2.76. The van der Waals surface area contributed by atoms with Gasteiger partial charge in [-0.2, -0.15) is 5.10 Å². The van der Waals surface area contributed by atoms with E-state index >= 15 is 0 Å². The van der Waals surface area contributed by atoms with Crippen molar-refractivity contribution in [1.82, 2.24) is 5.01 Å². The fourth-order valence-corrected chi connectivity index (χ4v) is 2.26. The van der Waals surface area contributed by atoms with Gasteiger partial charge >= 0.3 is 0 Å². The fraction of sp³-hybridized carbons (Fsp3) is 0.125. The lowest BCUT2D eigenvalue weighted by molar-refractivity contribution is 0.0778. The third-order valence-corrected chi connectivity index (χ3v) is 3.29. The van der Waals surface area contributed by atoms with Gasteiger partial charge in [-0.1, -0.05) is 18.2 Å². The summed E-state index contributed by atoms with van der Waals surface area (Å²) in [6, 6.07) is 12.3. The van der Waals surface area contributed by atoms with Crippen LogP contribution in [0.3, 0.4) is 0 Å². The van der Waals surface area contributed by atoms with Crippen molar-refractivity contribution in [3.8, 4) is 5.75 Å². The highest BCUT2D eigenvalue weighted by atomic mass is 19.1. The fourth-order valence-electron chi connectivity index (χ4n) is 2.26. The van der Waals surface area contributed by atoms with Crippen molar-refractivity contribution < 1.29 is 14.3 Å². The Kier molecular flexibility index (Phi) is 3.39. The molecule has 0 unspecified atom stereocenters. The molecule has 0 spiro atoms. The lowest BCUT2D eigenvalue weighted by atomic mass is 10.1. The minimum absolute atomic E-state index is 0.158. The van der Waals surface area contributed by atoms with Crippen molar-refractivity contribution in [3.05, 3.63) is 65.5 Å². The van der Waals surface area contributed by atoms with E-state index in [1.54, 1.807) is 24.3 Å². The molecule has 0 saturated carbocycles. The zero-order valence-corrected chi connectivity index (χ0v) is 11.2. The standard InChI is InChI=1S/C16H13FN2O2/c17-13-5-1-4-12(9-13)16(21)19-8-7-15(18-19)11-3-2-6-14(20)10-11/h1-6,9-10,20H,7-8H2. The summed E-state index contributed by atoms with van der Waals surface area (Å²) in [6.07, 6.45) is 0.602. The van der Waals surface area contributed by atoms with E-state index in [1.165, 1.54) is 23.2 Å². The van der Waals surface area contributed by atoms with Crippen molar-refractivity contribution in [2.75, 3.05) is 6.54 Å². The van der Waals surface area contributed by atoms with Gasteiger partial charge in [0.1, 0.15) is 11.6 Å². The molecule has 2 aromatic carbocycles. The van der Waals surface area contributed by atoms with Crippen LogP contribution in [0.5, 0.6) is 5.75 Å². The molecule has 1 N–H and O–H groups in total. The molecule has 1 amide bonds. The number of hydrogen-bond acceptors (Lipinski definition) is 3. The van der Waals surface area contributed by atoms with Crippen LogP contribution in [0, 0.1) is 5.82 Å². The third-order valence-electron chi connectivity index (χ3n) is 3.29. The summed E-state index contributed by atoms with van der Waals surface area (Å²) < 4.78 is 13.2. The SMILES string of the molecule is O=C(c1cccc(F)c1)N1CCC(c2cccc(O)c2)=N1. The molecule has 4 nitrogen and oxygen atoms in total. The number of hydrogen-bond donors (Lipinski definition) is 1. The Labute approximate surface area is 121 Å². The first-order valence-electron chi connectivity index (χ1n) is 6.58. The summed E-state index contributed by atoms with van der Waals surface area (Å²) in [7, 11) is 0. The molecule has 1 aliphatic rings. The normalized spacial score (nSPS) is 14.1. The maximum absolute atomic E-state index is 13.2. The van der Waals surface area contributed by atoms with E-state index in [1.807, 2.05) is 6.07 Å². The second-order valence-electron chi connectivity index (χ2n) is 4.79. The molecule has 0 bridgehead atoms. The monoisotopic (exact) mass is 284 g/mol. The first-order valence-corrected chi connectivity index (χ1v) is 6.58. The molecule has 5 heteroatoms. The van der Waals surface area contributed by atoms with E-state index in [0.29, 0.717) is 13.0 Å². The van der Waals surface area contributed by atoms with Crippen LogP contribution < -0.4 is 0 Å². The largest absolute Gasteiger partial charge is 0.508 e. The predicted octanol–water partition coefficient (Wildman–Crippen LogP) is 2.78. The van der Waals surface area contributed by atoms with Crippen LogP contribution in [0.25, 0.3) is 0 Å². The average molecular weight is 284 g/mol. The van der Waals surface area contributed by atoms with Crippen LogP contribution in [0.4, 0.5) is 4.39 Å². The van der Waals surface area contributed by atoms with Crippen molar-refractivity contribution in [2.45, 2.75) is 6.42 Å². The number of aromatic hydroxyl groups is 1. The lowest BCUT2D eigenvalue weighted by Crippen LogP contribution is -2.23. The number of halogens is 1. The van der Waals surface area contributed by atoms with E-state index < -0.39 is 5.82 Å². The van der Waals surface area contributed by atoms with E-state index in [0.717, 1.165) is 11.3 Å². The van der Waals surface area contributed by atoms with E-state index in [2.05, 4.69) is 5.10 Å². The quantitative estimate of drug-likeness (QED) is 0.922. The average Bonchev–Trinajstić information content (AvgIpc) is 2.96. The van der Waals surface area contributed by atoms with E-state index in [-0.39, 0.29) is 17.2 Å². The van der Waals surface area contributed by atoms with Gasteiger partial charge in [0, 0.05) is 17.5 Å². The van der Waals surface area contributed by atoms with Crippen molar-refractivity contribution >= 4 is 11.6 Å². The molecule has 106 valence electrons. The Morgan fingerprint density at radius 1 is 1.19 bits per heavy atom. The van der Waals surface area contributed by atoms with Gasteiger partial charge < -0.3 is 5.11 Å². The van der Waals surface area contributed by atoms with Crippen LogP contribution in [0.15, 0.2) is 53.6 Å². The van der Waals surface area contributed by atoms with Gasteiger partial charge in [0.2, 0.25) is 0 Å². The number of hydrazone groups is 1. The number of phenols is 1. The maximum Gasteiger partial charge on any atom is 0.274 e. The Morgan fingerprint density at radius 3 is 2.76 bits per heavy atom. The summed E-state index contributed by atoms with van der Waals surface area (Å²) in [4.78, 5) is 12.2. The van der Waals surface area contributed by atoms with Crippen LogP contribution in [0.1, 0.15) is 22.3 Å². The minimum Gasteiger partial charge on any atom is -0.508 e. The van der Waals surface area contributed by atoms with E-state index in [9.17, 15) is 14.3 Å². The first-order chi connectivity index (χ1) is 10.1. The summed E-state index contributed by atoms with van der Waals surface area (Å²) in [5.74, 6) is -0.619. The Balaban J connectivity index is 1.84. The van der Waals surface area contributed by atoms with Gasteiger partial charge in [0.15, 0.2) is 0 Å². The second-order valence-corrected chi connectivity index (χ2v) is 4.79. The van der Waals surface area contributed by atoms with Crippen molar-refractivity contribution in [3.63, 3.8) is 0 Å². The summed E-state index contributed by atoms with van der Waals surface area (Å²) in [6.45, 7) is 0.445. The molecule has 0 fully saturated rings.